The normalized spacial score (nSPS) is 21.0. The van der Waals surface area contributed by atoms with Crippen LogP contribution in [0.1, 0.15) is 40.8 Å². The van der Waals surface area contributed by atoms with Gasteiger partial charge < -0.3 is 19.5 Å². The summed E-state index contributed by atoms with van der Waals surface area (Å²) in [4.78, 5) is 22.1. The molecule has 0 radical (unpaired) electrons. The van der Waals surface area contributed by atoms with Gasteiger partial charge in [0.1, 0.15) is 11.4 Å². The van der Waals surface area contributed by atoms with Crippen molar-refractivity contribution in [2.24, 2.45) is 0 Å². The molecule has 0 saturated carbocycles. The highest BCUT2D eigenvalue weighted by molar-refractivity contribution is 5.97. The van der Waals surface area contributed by atoms with Crippen molar-refractivity contribution >= 4 is 16.8 Å². The second-order valence-electron chi connectivity index (χ2n) is 10.1. The van der Waals surface area contributed by atoms with Gasteiger partial charge in [0, 0.05) is 42.1 Å². The Bertz CT molecular complexity index is 1490. The summed E-state index contributed by atoms with van der Waals surface area (Å²) >= 11 is 0. The zero-order chi connectivity index (χ0) is 24.2. The maximum absolute atomic E-state index is 13.9. The Morgan fingerprint density at radius 1 is 1.00 bits per heavy atom. The van der Waals surface area contributed by atoms with Crippen LogP contribution in [0.4, 0.5) is 0 Å². The Balaban J connectivity index is 1.32. The number of amides is 1. The number of aromatic amines is 1. The maximum atomic E-state index is 13.9. The molecule has 0 spiro atoms. The average molecular weight is 476 g/mol. The fourth-order valence-electron chi connectivity index (χ4n) is 6.53. The predicted octanol–water partition coefficient (Wildman–Crippen LogP) is 5.56. The fourth-order valence-corrected chi connectivity index (χ4v) is 6.53. The van der Waals surface area contributed by atoms with Gasteiger partial charge in [0.2, 0.25) is 0 Å². The number of hydrogen-bond acceptors (Lipinski definition) is 3. The summed E-state index contributed by atoms with van der Waals surface area (Å²) < 4.78 is 5.51. The number of H-pyrrole nitrogens is 1. The molecular formula is C31H29N3O2. The van der Waals surface area contributed by atoms with Crippen molar-refractivity contribution in [2.45, 2.75) is 31.3 Å². The number of ether oxygens (including phenoxy) is 1. The number of methoxy groups -OCH3 is 1. The van der Waals surface area contributed by atoms with Crippen molar-refractivity contribution in [3.8, 4) is 5.75 Å². The molecule has 5 nitrogen and oxygen atoms in total. The van der Waals surface area contributed by atoms with Crippen LogP contribution < -0.4 is 4.74 Å². The van der Waals surface area contributed by atoms with Crippen LogP contribution in [0.5, 0.6) is 5.75 Å². The summed E-state index contributed by atoms with van der Waals surface area (Å²) in [5.41, 5.74) is 8.44. The molecule has 3 aliphatic rings. The lowest BCUT2D eigenvalue weighted by Crippen LogP contribution is -2.41. The number of benzene rings is 3. The van der Waals surface area contributed by atoms with Crippen molar-refractivity contribution in [3.05, 3.63) is 113 Å². The van der Waals surface area contributed by atoms with Gasteiger partial charge in [-0.05, 0) is 53.3 Å². The number of nitrogens with zero attached hydrogens (tertiary/aromatic N) is 2. The largest absolute Gasteiger partial charge is 0.497 e. The summed E-state index contributed by atoms with van der Waals surface area (Å²) in [6, 6.07) is 27.5. The first-order chi connectivity index (χ1) is 17.7. The number of aromatic nitrogens is 1. The molecule has 4 aromatic rings. The molecule has 3 aliphatic heterocycles. The van der Waals surface area contributed by atoms with Gasteiger partial charge in [0.25, 0.3) is 5.91 Å². The van der Waals surface area contributed by atoms with Crippen molar-refractivity contribution in [1.82, 2.24) is 14.8 Å². The van der Waals surface area contributed by atoms with E-state index in [1.165, 1.54) is 33.3 Å². The molecule has 1 aromatic heterocycles. The SMILES string of the molecule is COc1ccc2[nH]c3c(c2c1)CCN1C2=C(CN(Cc4ccccc4)C2=O)[C@@H](c2ccccc2)C[C@H]31. The van der Waals surface area contributed by atoms with E-state index in [9.17, 15) is 4.79 Å². The van der Waals surface area contributed by atoms with E-state index in [4.69, 9.17) is 4.74 Å². The zero-order valence-corrected chi connectivity index (χ0v) is 20.4. The van der Waals surface area contributed by atoms with Gasteiger partial charge in [0.05, 0.1) is 13.2 Å². The molecule has 4 heterocycles. The third-order valence-electron chi connectivity index (χ3n) is 8.20. The van der Waals surface area contributed by atoms with Gasteiger partial charge in [-0.15, -0.1) is 0 Å². The average Bonchev–Trinajstić information content (AvgIpc) is 3.46. The molecule has 5 heteroatoms. The number of carbonyl (C=O) groups is 1. The maximum Gasteiger partial charge on any atom is 0.270 e. The first kappa shape index (κ1) is 21.3. The lowest BCUT2D eigenvalue weighted by Gasteiger charge is -2.43. The molecular weight excluding hydrogens is 446 g/mol. The Morgan fingerprint density at radius 2 is 1.78 bits per heavy atom. The molecule has 1 amide bonds. The van der Waals surface area contributed by atoms with E-state index in [2.05, 4.69) is 64.5 Å². The lowest BCUT2D eigenvalue weighted by atomic mass is 9.78. The molecule has 3 aromatic carbocycles. The Labute approximate surface area is 211 Å². The molecule has 0 aliphatic carbocycles. The van der Waals surface area contributed by atoms with Crippen LogP contribution in [0.25, 0.3) is 10.9 Å². The van der Waals surface area contributed by atoms with Gasteiger partial charge in [-0.2, -0.15) is 0 Å². The second kappa shape index (κ2) is 8.30. The summed E-state index contributed by atoms with van der Waals surface area (Å²) in [5.74, 6) is 1.27. The standard InChI is InChI=1S/C31H29N3O2/c1-36-22-12-13-27-25(16-22)23-14-15-34-28(29(23)32-27)17-24(21-10-6-3-7-11-21)26-19-33(31(35)30(26)34)18-20-8-4-2-5-9-20/h2-13,16,24,28,32H,14-15,17-19H2,1H3/t24-,28-/m1/s1. The summed E-state index contributed by atoms with van der Waals surface area (Å²) in [5, 5.41) is 1.24. The third kappa shape index (κ3) is 3.26. The highest BCUT2D eigenvalue weighted by Crippen LogP contribution is 2.50. The Kier molecular flexibility index (Phi) is 4.91. The number of carbonyl (C=O) groups excluding carboxylic acids is 1. The summed E-state index contributed by atoms with van der Waals surface area (Å²) in [7, 11) is 1.72. The molecule has 0 bridgehead atoms. The van der Waals surface area contributed by atoms with Crippen molar-refractivity contribution < 1.29 is 9.53 Å². The highest BCUT2D eigenvalue weighted by Gasteiger charge is 2.46. The topological polar surface area (TPSA) is 48.6 Å². The number of fused-ring (bicyclic) bond motifs is 6. The molecule has 1 N–H and O–H groups in total. The summed E-state index contributed by atoms with van der Waals surface area (Å²) in [6.07, 6.45) is 1.88. The molecule has 0 saturated heterocycles. The monoisotopic (exact) mass is 475 g/mol. The smallest absolute Gasteiger partial charge is 0.270 e. The van der Waals surface area contributed by atoms with E-state index >= 15 is 0 Å². The van der Waals surface area contributed by atoms with Crippen LogP contribution in [0.15, 0.2) is 90.1 Å². The van der Waals surface area contributed by atoms with Gasteiger partial charge in [-0.1, -0.05) is 60.7 Å². The lowest BCUT2D eigenvalue weighted by molar-refractivity contribution is -0.127. The van der Waals surface area contributed by atoms with E-state index < -0.39 is 0 Å². The minimum atomic E-state index is 0.150. The van der Waals surface area contributed by atoms with Crippen molar-refractivity contribution in [3.63, 3.8) is 0 Å². The van der Waals surface area contributed by atoms with Gasteiger partial charge in [-0.3, -0.25) is 4.79 Å². The predicted molar refractivity (Wildman–Crippen MR) is 141 cm³/mol. The van der Waals surface area contributed by atoms with Gasteiger partial charge >= 0.3 is 0 Å². The Hall–Kier alpha value is -3.99. The minimum absolute atomic E-state index is 0.150. The van der Waals surface area contributed by atoms with E-state index in [-0.39, 0.29) is 17.9 Å². The fraction of sp³-hybridized carbons (Fsp3) is 0.258. The molecule has 0 unspecified atom stereocenters. The van der Waals surface area contributed by atoms with Crippen LogP contribution in [-0.4, -0.2) is 40.9 Å². The molecule has 0 fully saturated rings. The first-order valence-corrected chi connectivity index (χ1v) is 12.8. The van der Waals surface area contributed by atoms with Gasteiger partial charge in [-0.25, -0.2) is 0 Å². The van der Waals surface area contributed by atoms with E-state index in [0.717, 1.165) is 36.3 Å². The van der Waals surface area contributed by atoms with Crippen LogP contribution in [0.2, 0.25) is 0 Å². The molecule has 36 heavy (non-hydrogen) atoms. The van der Waals surface area contributed by atoms with Crippen LogP contribution in [0.3, 0.4) is 0 Å². The van der Waals surface area contributed by atoms with Crippen molar-refractivity contribution in [2.75, 3.05) is 20.2 Å². The Morgan fingerprint density at radius 3 is 2.56 bits per heavy atom. The first-order valence-electron chi connectivity index (χ1n) is 12.8. The van der Waals surface area contributed by atoms with Gasteiger partial charge in [0.15, 0.2) is 0 Å². The summed E-state index contributed by atoms with van der Waals surface area (Å²) in [6.45, 7) is 2.19. The third-order valence-corrected chi connectivity index (χ3v) is 8.20. The minimum Gasteiger partial charge on any atom is -0.497 e. The van der Waals surface area contributed by atoms with Crippen LogP contribution >= 0.6 is 0 Å². The zero-order valence-electron chi connectivity index (χ0n) is 20.4. The van der Waals surface area contributed by atoms with Crippen LogP contribution in [0, 0.1) is 0 Å². The molecule has 180 valence electrons. The number of nitrogens with one attached hydrogen (secondary N) is 1. The quantitative estimate of drug-likeness (QED) is 0.420. The highest BCUT2D eigenvalue weighted by atomic mass is 16.5. The van der Waals surface area contributed by atoms with E-state index in [1.54, 1.807) is 7.11 Å². The second-order valence-corrected chi connectivity index (χ2v) is 10.1. The molecule has 7 rings (SSSR count). The van der Waals surface area contributed by atoms with E-state index in [1.807, 2.05) is 29.2 Å². The number of hydrogen-bond donors (Lipinski definition) is 1. The van der Waals surface area contributed by atoms with Crippen LogP contribution in [-0.2, 0) is 17.8 Å². The number of rotatable bonds is 4. The van der Waals surface area contributed by atoms with Crippen molar-refractivity contribution in [1.29, 1.82) is 0 Å². The molecule has 2 atom stereocenters. The van der Waals surface area contributed by atoms with E-state index in [0.29, 0.717) is 13.1 Å².